The molecule has 1 aromatic heterocycles. The average molecular weight is 305 g/mol. The minimum absolute atomic E-state index is 0.0467. The van der Waals surface area contributed by atoms with E-state index in [0.29, 0.717) is 0 Å². The van der Waals surface area contributed by atoms with E-state index < -0.39 is 0 Å². The first kappa shape index (κ1) is 15.2. The number of benzene rings is 2. The molecule has 0 saturated carbocycles. The third kappa shape index (κ3) is 3.38. The lowest BCUT2D eigenvalue weighted by molar-refractivity contribution is -0.120. The summed E-state index contributed by atoms with van der Waals surface area (Å²) in [5.74, 6) is -0.0467. The average Bonchev–Trinajstić information content (AvgIpc) is 2.55. The first-order chi connectivity index (χ1) is 11.1. The Morgan fingerprint density at radius 1 is 1.04 bits per heavy atom. The van der Waals surface area contributed by atoms with Crippen molar-refractivity contribution in [2.75, 3.05) is 19.4 Å². The van der Waals surface area contributed by atoms with E-state index in [1.807, 2.05) is 79.8 Å². The lowest BCUT2D eigenvalue weighted by Crippen LogP contribution is -2.32. The van der Waals surface area contributed by atoms with Crippen LogP contribution in [-0.2, 0) is 4.79 Å². The lowest BCUT2D eigenvalue weighted by atomic mass is 10.0. The number of rotatable bonds is 4. The second-order valence-electron chi connectivity index (χ2n) is 5.70. The molecule has 1 N–H and O–H groups in total. The van der Waals surface area contributed by atoms with Crippen LogP contribution in [0.2, 0.25) is 0 Å². The van der Waals surface area contributed by atoms with Crippen LogP contribution in [0.5, 0.6) is 0 Å². The maximum atomic E-state index is 12.7. The van der Waals surface area contributed by atoms with Crippen molar-refractivity contribution in [3.63, 3.8) is 0 Å². The summed E-state index contributed by atoms with van der Waals surface area (Å²) in [7, 11) is 3.81. The normalized spacial score (nSPS) is 12.3. The Kier molecular flexibility index (Phi) is 4.35. The zero-order valence-corrected chi connectivity index (χ0v) is 13.2. The van der Waals surface area contributed by atoms with Crippen molar-refractivity contribution >= 4 is 22.4 Å². The fraction of sp³-hybridized carbons (Fsp3) is 0.158. The van der Waals surface area contributed by atoms with Crippen LogP contribution >= 0.6 is 0 Å². The quantitative estimate of drug-likeness (QED) is 0.802. The molecule has 116 valence electrons. The van der Waals surface area contributed by atoms with Crippen LogP contribution in [0, 0.1) is 0 Å². The molecule has 1 heterocycles. The minimum atomic E-state index is -0.329. The largest absolute Gasteiger partial charge is 0.324 e. The van der Waals surface area contributed by atoms with E-state index in [1.165, 1.54) is 0 Å². The van der Waals surface area contributed by atoms with Crippen molar-refractivity contribution in [1.29, 1.82) is 0 Å². The molecule has 0 aliphatic rings. The minimum Gasteiger partial charge on any atom is -0.324 e. The molecular weight excluding hydrogens is 286 g/mol. The molecule has 0 aliphatic heterocycles. The highest BCUT2D eigenvalue weighted by molar-refractivity contribution is 5.97. The van der Waals surface area contributed by atoms with E-state index in [0.717, 1.165) is 22.0 Å². The van der Waals surface area contributed by atoms with Crippen molar-refractivity contribution in [2.45, 2.75) is 6.04 Å². The standard InChI is InChI=1S/C19H19N3O/c1-22(2)18(14-6-4-3-5-7-14)19(23)21-17-9-8-16-13-20-11-10-15(16)12-17/h3-13,18H,1-2H3,(H,21,23)/t18-/m0/s1. The lowest BCUT2D eigenvalue weighted by Gasteiger charge is -2.24. The number of carbonyl (C=O) groups excluding carboxylic acids is 1. The molecule has 3 rings (SSSR count). The molecule has 3 aromatic rings. The van der Waals surface area contributed by atoms with Crippen LogP contribution < -0.4 is 5.32 Å². The molecule has 4 heteroatoms. The van der Waals surface area contributed by atoms with Crippen LogP contribution in [0.3, 0.4) is 0 Å². The number of amides is 1. The summed E-state index contributed by atoms with van der Waals surface area (Å²) >= 11 is 0. The summed E-state index contributed by atoms with van der Waals surface area (Å²) in [6.07, 6.45) is 3.56. The molecule has 1 amide bonds. The number of hydrogen-bond acceptors (Lipinski definition) is 3. The SMILES string of the molecule is CN(C)[C@H](C(=O)Nc1ccc2cnccc2c1)c1ccccc1. The number of fused-ring (bicyclic) bond motifs is 1. The van der Waals surface area contributed by atoms with Gasteiger partial charge in [0.05, 0.1) is 0 Å². The van der Waals surface area contributed by atoms with Gasteiger partial charge in [0, 0.05) is 23.5 Å². The van der Waals surface area contributed by atoms with E-state index in [2.05, 4.69) is 10.3 Å². The van der Waals surface area contributed by atoms with Crippen LogP contribution in [0.4, 0.5) is 5.69 Å². The summed E-state index contributed by atoms with van der Waals surface area (Å²) in [5.41, 5.74) is 1.76. The van der Waals surface area contributed by atoms with Crippen LogP contribution in [0.1, 0.15) is 11.6 Å². The molecule has 0 bridgehead atoms. The van der Waals surface area contributed by atoms with E-state index in [1.54, 1.807) is 6.20 Å². The molecule has 1 atom stereocenters. The predicted molar refractivity (Wildman–Crippen MR) is 93.2 cm³/mol. The van der Waals surface area contributed by atoms with Crippen LogP contribution in [-0.4, -0.2) is 29.9 Å². The molecule has 23 heavy (non-hydrogen) atoms. The Morgan fingerprint density at radius 2 is 1.83 bits per heavy atom. The van der Waals surface area contributed by atoms with Gasteiger partial charge in [-0.2, -0.15) is 0 Å². The zero-order chi connectivity index (χ0) is 16.2. The second-order valence-corrected chi connectivity index (χ2v) is 5.70. The predicted octanol–water partition coefficient (Wildman–Crippen LogP) is 3.48. The summed E-state index contributed by atoms with van der Waals surface area (Å²) in [4.78, 5) is 18.7. The van der Waals surface area contributed by atoms with Gasteiger partial charge in [0.1, 0.15) is 6.04 Å². The van der Waals surface area contributed by atoms with Gasteiger partial charge in [-0.1, -0.05) is 36.4 Å². The van der Waals surface area contributed by atoms with E-state index in [9.17, 15) is 4.79 Å². The second kappa shape index (κ2) is 6.58. The van der Waals surface area contributed by atoms with Gasteiger partial charge in [-0.15, -0.1) is 0 Å². The third-order valence-corrected chi connectivity index (χ3v) is 3.79. The van der Waals surface area contributed by atoms with Gasteiger partial charge < -0.3 is 5.32 Å². The molecule has 0 unspecified atom stereocenters. The highest BCUT2D eigenvalue weighted by atomic mass is 16.2. The highest BCUT2D eigenvalue weighted by Gasteiger charge is 2.22. The maximum absolute atomic E-state index is 12.7. The van der Waals surface area contributed by atoms with Crippen LogP contribution in [0.25, 0.3) is 10.8 Å². The van der Waals surface area contributed by atoms with Crippen molar-refractivity contribution in [2.24, 2.45) is 0 Å². The van der Waals surface area contributed by atoms with Gasteiger partial charge in [-0.05, 0) is 43.2 Å². The zero-order valence-electron chi connectivity index (χ0n) is 13.2. The van der Waals surface area contributed by atoms with Gasteiger partial charge in [-0.3, -0.25) is 14.7 Å². The Balaban J connectivity index is 1.86. The molecule has 4 nitrogen and oxygen atoms in total. The van der Waals surface area contributed by atoms with Gasteiger partial charge in [-0.25, -0.2) is 0 Å². The summed E-state index contributed by atoms with van der Waals surface area (Å²) in [5, 5.41) is 5.12. The number of hydrogen-bond donors (Lipinski definition) is 1. The fourth-order valence-corrected chi connectivity index (χ4v) is 2.69. The molecular formula is C19H19N3O. The maximum Gasteiger partial charge on any atom is 0.246 e. The van der Waals surface area contributed by atoms with Gasteiger partial charge in [0.15, 0.2) is 0 Å². The topological polar surface area (TPSA) is 45.2 Å². The van der Waals surface area contributed by atoms with Crippen molar-refractivity contribution in [3.8, 4) is 0 Å². The molecule has 0 radical (unpaired) electrons. The fourth-order valence-electron chi connectivity index (χ4n) is 2.69. The van der Waals surface area contributed by atoms with Crippen molar-refractivity contribution in [3.05, 3.63) is 72.6 Å². The van der Waals surface area contributed by atoms with Gasteiger partial charge in [0.25, 0.3) is 0 Å². The van der Waals surface area contributed by atoms with Gasteiger partial charge in [0.2, 0.25) is 5.91 Å². The Morgan fingerprint density at radius 3 is 2.57 bits per heavy atom. The summed E-state index contributed by atoms with van der Waals surface area (Å²) in [6.45, 7) is 0. The highest BCUT2D eigenvalue weighted by Crippen LogP contribution is 2.22. The Bertz CT molecular complexity index is 815. The van der Waals surface area contributed by atoms with E-state index in [-0.39, 0.29) is 11.9 Å². The Hall–Kier alpha value is -2.72. The number of aromatic nitrogens is 1. The monoisotopic (exact) mass is 305 g/mol. The third-order valence-electron chi connectivity index (χ3n) is 3.79. The van der Waals surface area contributed by atoms with E-state index >= 15 is 0 Å². The molecule has 0 aliphatic carbocycles. The number of carbonyl (C=O) groups is 1. The first-order valence-electron chi connectivity index (χ1n) is 7.51. The number of nitrogens with zero attached hydrogens (tertiary/aromatic N) is 2. The number of anilines is 1. The van der Waals surface area contributed by atoms with Gasteiger partial charge >= 0.3 is 0 Å². The first-order valence-corrected chi connectivity index (χ1v) is 7.51. The van der Waals surface area contributed by atoms with E-state index in [4.69, 9.17) is 0 Å². The Labute approximate surface area is 135 Å². The molecule has 0 fully saturated rings. The molecule has 0 spiro atoms. The van der Waals surface area contributed by atoms with Crippen LogP contribution in [0.15, 0.2) is 67.0 Å². The van der Waals surface area contributed by atoms with Crippen molar-refractivity contribution < 1.29 is 4.79 Å². The number of pyridine rings is 1. The number of nitrogens with one attached hydrogen (secondary N) is 1. The smallest absolute Gasteiger partial charge is 0.246 e. The number of likely N-dealkylation sites (N-methyl/N-ethyl adjacent to an activating group) is 1. The molecule has 0 saturated heterocycles. The summed E-state index contributed by atoms with van der Waals surface area (Å²) < 4.78 is 0. The summed E-state index contributed by atoms with van der Waals surface area (Å²) in [6, 6.07) is 17.2. The molecule has 2 aromatic carbocycles. The van der Waals surface area contributed by atoms with Crippen molar-refractivity contribution in [1.82, 2.24) is 9.88 Å².